The van der Waals surface area contributed by atoms with Gasteiger partial charge in [-0.3, -0.25) is 9.48 Å². The molecule has 25 heavy (non-hydrogen) atoms. The molecule has 6 nitrogen and oxygen atoms in total. The first-order chi connectivity index (χ1) is 11.8. The number of hydrogen-bond acceptors (Lipinski definition) is 5. The lowest BCUT2D eigenvalue weighted by molar-refractivity contribution is -0.137. The molecule has 0 saturated heterocycles. The molecule has 3 aromatic rings. The fourth-order valence-electron chi connectivity index (χ4n) is 2.13. The monoisotopic (exact) mass is 367 g/mol. The minimum atomic E-state index is -4.40. The van der Waals surface area contributed by atoms with E-state index in [-0.39, 0.29) is 11.7 Å². The van der Waals surface area contributed by atoms with Crippen molar-refractivity contribution >= 4 is 34.4 Å². The SMILES string of the molecule is Cn1ncc2c(SCC(=O)Nc3ccc(C(F)(F)F)cc3)ncnc21. The Morgan fingerprint density at radius 3 is 2.64 bits per heavy atom. The van der Waals surface area contributed by atoms with Crippen LogP contribution in [0.15, 0.2) is 41.8 Å². The number of nitrogens with zero attached hydrogens (tertiary/aromatic N) is 4. The van der Waals surface area contributed by atoms with Crippen molar-refractivity contribution in [3.63, 3.8) is 0 Å². The first kappa shape index (κ1) is 17.2. The quantitative estimate of drug-likeness (QED) is 0.567. The summed E-state index contributed by atoms with van der Waals surface area (Å²) in [5.41, 5.74) is 0.188. The van der Waals surface area contributed by atoms with Crippen LogP contribution in [-0.4, -0.2) is 31.4 Å². The van der Waals surface area contributed by atoms with Gasteiger partial charge < -0.3 is 5.32 Å². The standard InChI is InChI=1S/C15H12F3N5OS/c1-23-13-11(6-21-23)14(20-8-19-13)25-7-12(24)22-10-4-2-9(3-5-10)15(16,17)18/h2-6,8H,7H2,1H3,(H,22,24). The number of hydrogen-bond donors (Lipinski definition) is 1. The number of thioether (sulfide) groups is 1. The molecule has 0 bridgehead atoms. The molecule has 2 heterocycles. The van der Waals surface area contributed by atoms with Gasteiger partial charge in [0.15, 0.2) is 5.65 Å². The molecule has 0 aliphatic rings. The number of nitrogens with one attached hydrogen (secondary N) is 1. The molecule has 1 amide bonds. The Labute approximate surface area is 144 Å². The average molecular weight is 367 g/mol. The number of rotatable bonds is 4. The van der Waals surface area contributed by atoms with E-state index in [0.29, 0.717) is 16.4 Å². The van der Waals surface area contributed by atoms with E-state index in [0.717, 1.165) is 17.5 Å². The van der Waals surface area contributed by atoms with Crippen molar-refractivity contribution in [2.75, 3.05) is 11.1 Å². The van der Waals surface area contributed by atoms with Gasteiger partial charge in [0.25, 0.3) is 0 Å². The van der Waals surface area contributed by atoms with E-state index < -0.39 is 11.7 Å². The van der Waals surface area contributed by atoms with E-state index in [2.05, 4.69) is 20.4 Å². The third kappa shape index (κ3) is 3.90. The zero-order chi connectivity index (χ0) is 18.0. The summed E-state index contributed by atoms with van der Waals surface area (Å²) < 4.78 is 39.1. The maximum absolute atomic E-state index is 12.5. The largest absolute Gasteiger partial charge is 0.416 e. The van der Waals surface area contributed by atoms with Crippen LogP contribution >= 0.6 is 11.8 Å². The Balaban J connectivity index is 1.63. The third-order valence-electron chi connectivity index (χ3n) is 3.33. The maximum Gasteiger partial charge on any atom is 0.416 e. The zero-order valence-corrected chi connectivity index (χ0v) is 13.7. The number of fused-ring (bicyclic) bond motifs is 1. The fraction of sp³-hybridized carbons (Fsp3) is 0.200. The molecular formula is C15H12F3N5OS. The van der Waals surface area contributed by atoms with E-state index in [4.69, 9.17) is 0 Å². The molecule has 0 radical (unpaired) electrons. The highest BCUT2D eigenvalue weighted by Crippen LogP contribution is 2.30. The van der Waals surface area contributed by atoms with Gasteiger partial charge in [0.05, 0.1) is 22.9 Å². The summed E-state index contributed by atoms with van der Waals surface area (Å²) in [6.45, 7) is 0. The van der Waals surface area contributed by atoms with Gasteiger partial charge in [-0.2, -0.15) is 18.3 Å². The van der Waals surface area contributed by atoms with Gasteiger partial charge in [-0.05, 0) is 24.3 Å². The number of halogens is 3. The third-order valence-corrected chi connectivity index (χ3v) is 4.33. The topological polar surface area (TPSA) is 72.7 Å². The minimum Gasteiger partial charge on any atom is -0.325 e. The van der Waals surface area contributed by atoms with Crippen molar-refractivity contribution < 1.29 is 18.0 Å². The van der Waals surface area contributed by atoms with Gasteiger partial charge in [0.1, 0.15) is 11.4 Å². The summed E-state index contributed by atoms with van der Waals surface area (Å²) in [4.78, 5) is 20.2. The normalized spacial score (nSPS) is 11.7. The number of benzene rings is 1. The second-order valence-electron chi connectivity index (χ2n) is 5.10. The van der Waals surface area contributed by atoms with Gasteiger partial charge in [0, 0.05) is 12.7 Å². The van der Waals surface area contributed by atoms with Crippen LogP contribution in [0.5, 0.6) is 0 Å². The second kappa shape index (κ2) is 6.71. The van der Waals surface area contributed by atoms with E-state index in [1.54, 1.807) is 17.9 Å². The Kier molecular flexibility index (Phi) is 4.62. The van der Waals surface area contributed by atoms with E-state index in [9.17, 15) is 18.0 Å². The Bertz CT molecular complexity index is 908. The van der Waals surface area contributed by atoms with Crippen LogP contribution in [-0.2, 0) is 18.0 Å². The van der Waals surface area contributed by atoms with Crippen LogP contribution in [0, 0.1) is 0 Å². The highest BCUT2D eigenvalue weighted by Gasteiger charge is 2.29. The summed E-state index contributed by atoms with van der Waals surface area (Å²) in [6.07, 6.45) is -1.40. The minimum absolute atomic E-state index is 0.0576. The number of anilines is 1. The second-order valence-corrected chi connectivity index (χ2v) is 6.06. The predicted molar refractivity (Wildman–Crippen MR) is 87.1 cm³/mol. The van der Waals surface area contributed by atoms with Gasteiger partial charge in [-0.25, -0.2) is 9.97 Å². The highest BCUT2D eigenvalue weighted by molar-refractivity contribution is 8.00. The molecule has 0 fully saturated rings. The van der Waals surface area contributed by atoms with Crippen LogP contribution in [0.4, 0.5) is 18.9 Å². The summed E-state index contributed by atoms with van der Waals surface area (Å²) in [5, 5.41) is 7.99. The van der Waals surface area contributed by atoms with E-state index in [1.807, 2.05) is 0 Å². The van der Waals surface area contributed by atoms with E-state index >= 15 is 0 Å². The smallest absolute Gasteiger partial charge is 0.325 e. The lowest BCUT2D eigenvalue weighted by atomic mass is 10.2. The molecule has 3 rings (SSSR count). The van der Waals surface area contributed by atoms with Gasteiger partial charge in [-0.15, -0.1) is 0 Å². The van der Waals surface area contributed by atoms with Crippen molar-refractivity contribution in [2.45, 2.75) is 11.2 Å². The van der Waals surface area contributed by atoms with Crippen molar-refractivity contribution in [2.24, 2.45) is 7.05 Å². The molecule has 0 atom stereocenters. The van der Waals surface area contributed by atoms with Crippen LogP contribution in [0.3, 0.4) is 0 Å². The molecule has 0 aliphatic heterocycles. The van der Waals surface area contributed by atoms with Gasteiger partial charge >= 0.3 is 6.18 Å². The van der Waals surface area contributed by atoms with Crippen molar-refractivity contribution in [1.29, 1.82) is 0 Å². The lowest BCUT2D eigenvalue weighted by Crippen LogP contribution is -2.14. The molecule has 0 unspecified atom stereocenters. The summed E-state index contributed by atoms with van der Waals surface area (Å²) in [5.74, 6) is -0.289. The average Bonchev–Trinajstić information content (AvgIpc) is 2.95. The van der Waals surface area contributed by atoms with Crippen LogP contribution in [0.1, 0.15) is 5.56 Å². The summed E-state index contributed by atoms with van der Waals surface area (Å²) in [6, 6.07) is 4.28. The number of aryl methyl sites for hydroxylation is 1. The number of amides is 1. The zero-order valence-electron chi connectivity index (χ0n) is 12.9. The summed E-state index contributed by atoms with van der Waals surface area (Å²) in [7, 11) is 1.75. The first-order valence-electron chi connectivity index (χ1n) is 7.07. The van der Waals surface area contributed by atoms with Crippen LogP contribution in [0.25, 0.3) is 11.0 Å². The Hall–Kier alpha value is -2.62. The Morgan fingerprint density at radius 1 is 1.24 bits per heavy atom. The van der Waals surface area contributed by atoms with Crippen molar-refractivity contribution in [1.82, 2.24) is 19.7 Å². The van der Waals surface area contributed by atoms with E-state index in [1.165, 1.54) is 30.2 Å². The fourth-order valence-corrected chi connectivity index (χ4v) is 2.89. The maximum atomic E-state index is 12.5. The number of carbonyl (C=O) groups is 1. The molecule has 130 valence electrons. The Morgan fingerprint density at radius 2 is 1.96 bits per heavy atom. The van der Waals surface area contributed by atoms with Crippen molar-refractivity contribution in [3.05, 3.63) is 42.4 Å². The molecule has 2 aromatic heterocycles. The van der Waals surface area contributed by atoms with Crippen LogP contribution in [0.2, 0.25) is 0 Å². The number of aromatic nitrogens is 4. The molecule has 10 heteroatoms. The number of carbonyl (C=O) groups excluding carboxylic acids is 1. The van der Waals surface area contributed by atoms with Gasteiger partial charge in [0.2, 0.25) is 5.91 Å². The number of alkyl halides is 3. The molecule has 0 aliphatic carbocycles. The molecule has 1 aromatic carbocycles. The van der Waals surface area contributed by atoms with Crippen molar-refractivity contribution in [3.8, 4) is 0 Å². The molecule has 0 saturated carbocycles. The predicted octanol–water partition coefficient (Wildman–Crippen LogP) is 3.11. The highest BCUT2D eigenvalue weighted by atomic mass is 32.2. The van der Waals surface area contributed by atoms with Gasteiger partial charge in [-0.1, -0.05) is 11.8 Å². The summed E-state index contributed by atoms with van der Waals surface area (Å²) >= 11 is 1.20. The molecule has 1 N–H and O–H groups in total. The molecular weight excluding hydrogens is 355 g/mol. The first-order valence-corrected chi connectivity index (χ1v) is 8.06. The lowest BCUT2D eigenvalue weighted by Gasteiger charge is -2.08. The molecule has 0 spiro atoms. The van der Waals surface area contributed by atoms with Crippen LogP contribution < -0.4 is 5.32 Å².